The van der Waals surface area contributed by atoms with Crippen LogP contribution < -0.4 is 0 Å². The second-order valence-electron chi connectivity index (χ2n) is 32.3. The standard InChI is InChI=1S/C54H111N2Si12/c1-39(2)67(51(58(11,12)13)59(14,15)16,52(60(17,18)19)61(20,21)22)57-49(47-43(7)34-41(5)35-44(47)8)55-66(56-50(57)48-45(9)36-42(6)37-46(48)10)38-65(32,33)54(64(29,30)31)68(66,40(3)4)53(62(23,24)25)63(26,27)28/h34-37,39-40,51-54H,38H2,1-33H3. The van der Waals surface area contributed by atoms with E-state index in [9.17, 15) is 0 Å². The number of aryl methyl sites for hydroxylation is 6. The number of rotatable bonds is 15. The second-order valence-corrected chi connectivity index (χ2v) is 104. The summed E-state index contributed by atoms with van der Waals surface area (Å²) in [6, 6.07) is 10.4. The van der Waals surface area contributed by atoms with Gasteiger partial charge in [-0.05, 0) is 86.1 Å². The van der Waals surface area contributed by atoms with Gasteiger partial charge in [0.05, 0.1) is 15.2 Å². The lowest BCUT2D eigenvalue weighted by Gasteiger charge is -2.65. The fraction of sp³-hybridized carbons (Fsp3) is 0.741. The molecule has 1 spiro atoms. The van der Waals surface area contributed by atoms with Crippen LogP contribution in [0.5, 0.6) is 0 Å². The van der Waals surface area contributed by atoms with E-state index in [-0.39, 0.29) is 0 Å². The third-order valence-electron chi connectivity index (χ3n) is 17.4. The van der Waals surface area contributed by atoms with E-state index in [0.29, 0.717) is 11.1 Å². The molecule has 1 saturated heterocycles. The van der Waals surface area contributed by atoms with Crippen molar-refractivity contribution >= 4 is 107 Å². The van der Waals surface area contributed by atoms with Crippen LogP contribution in [0.25, 0.3) is 0 Å². The van der Waals surface area contributed by atoms with E-state index in [0.717, 1.165) is 19.2 Å². The lowest BCUT2D eigenvalue weighted by molar-refractivity contribution is 0.986. The van der Waals surface area contributed by atoms with Crippen molar-refractivity contribution < 1.29 is 0 Å². The Morgan fingerprint density at radius 1 is 0.485 bits per heavy atom. The van der Waals surface area contributed by atoms with Gasteiger partial charge in [-0.1, -0.05) is 238 Å². The maximum Gasteiger partial charge on any atom is 0.281 e. The minimum Gasteiger partial charge on any atom is -0.307 e. The molecule has 2 unspecified atom stereocenters. The molecule has 0 amide bonds. The summed E-state index contributed by atoms with van der Waals surface area (Å²) < 4.78 is 14.9. The Morgan fingerprint density at radius 3 is 1.00 bits per heavy atom. The van der Waals surface area contributed by atoms with Crippen molar-refractivity contribution in [1.29, 1.82) is 0 Å². The molecule has 1 radical (unpaired) electrons. The highest BCUT2D eigenvalue weighted by Gasteiger charge is 2.81. The van der Waals surface area contributed by atoms with Crippen LogP contribution in [0.2, 0.25) is 186 Å². The summed E-state index contributed by atoms with van der Waals surface area (Å²) in [4.78, 5) is 3.46. The van der Waals surface area contributed by atoms with E-state index in [1.165, 1.54) is 39.0 Å². The van der Waals surface area contributed by atoms with Crippen LogP contribution in [0.1, 0.15) is 72.2 Å². The fourth-order valence-corrected chi connectivity index (χ4v) is 210. The molecule has 0 aromatic heterocycles. The van der Waals surface area contributed by atoms with Crippen LogP contribution in [0, 0.1) is 41.5 Å². The minimum absolute atomic E-state index is 0.638. The van der Waals surface area contributed by atoms with Crippen LogP contribution in [0.4, 0.5) is 0 Å². The predicted molar refractivity (Wildman–Crippen MR) is 348 cm³/mol. The smallest absolute Gasteiger partial charge is 0.281 e. The van der Waals surface area contributed by atoms with Gasteiger partial charge in [-0.2, -0.15) is 0 Å². The van der Waals surface area contributed by atoms with Crippen molar-refractivity contribution in [3.05, 3.63) is 68.8 Å². The molecule has 4 rings (SSSR count). The summed E-state index contributed by atoms with van der Waals surface area (Å²) in [6.07, 6.45) is 0. The largest absolute Gasteiger partial charge is 0.307 e. The zero-order valence-electron chi connectivity index (χ0n) is 51.4. The fourth-order valence-electron chi connectivity index (χ4n) is 19.6. The monoisotopic (exact) mass is 1120 g/mol. The molecule has 14 heteroatoms. The number of hydrogen-bond donors (Lipinski definition) is 0. The zero-order valence-corrected chi connectivity index (χ0v) is 63.4. The minimum atomic E-state index is -2.90. The van der Waals surface area contributed by atoms with Crippen LogP contribution in [0.3, 0.4) is 0 Å². The maximum atomic E-state index is 7.46. The average molecular weight is 1130 g/mol. The molecule has 0 N–H and O–H groups in total. The maximum absolute atomic E-state index is 7.46. The van der Waals surface area contributed by atoms with Gasteiger partial charge in [-0.3, -0.25) is 0 Å². The van der Waals surface area contributed by atoms with Gasteiger partial charge in [0.2, 0.25) is 0 Å². The first-order chi connectivity index (χ1) is 30.0. The molecule has 2 nitrogen and oxygen atoms in total. The zero-order chi connectivity index (χ0) is 53.3. The van der Waals surface area contributed by atoms with Gasteiger partial charge in [0.15, 0.2) is 8.31 Å². The second kappa shape index (κ2) is 19.2. The van der Waals surface area contributed by atoms with Gasteiger partial charge in [0.25, 0.3) is 7.91 Å². The summed E-state index contributed by atoms with van der Waals surface area (Å²) in [5.41, 5.74) is 14.8. The molecule has 385 valence electrons. The average Bonchev–Trinajstić information content (AvgIpc) is 3.21. The van der Waals surface area contributed by atoms with E-state index in [1.54, 1.807) is 21.8 Å². The molecule has 2 aromatic carbocycles. The quantitative estimate of drug-likeness (QED) is 0.159. The van der Waals surface area contributed by atoms with Crippen molar-refractivity contribution in [2.24, 2.45) is 9.32 Å². The first-order valence-electron chi connectivity index (χ1n) is 27.3. The predicted octanol–water partition coefficient (Wildman–Crippen LogP) is 18.1. The molecule has 2 aliphatic heterocycles. The Labute approximate surface area is 437 Å². The highest BCUT2D eigenvalue weighted by Crippen LogP contribution is 2.68. The Balaban J connectivity index is 2.76. The van der Waals surface area contributed by atoms with Crippen molar-refractivity contribution in [3.8, 4) is 0 Å². The number of benzene rings is 2. The van der Waals surface area contributed by atoms with Crippen molar-refractivity contribution in [2.75, 3.05) is 0 Å². The van der Waals surface area contributed by atoms with E-state index < -0.39 is 96.0 Å². The third kappa shape index (κ3) is 10.6. The Morgan fingerprint density at radius 2 is 0.779 bits per heavy atom. The normalized spacial score (nSPS) is 21.6. The SMILES string of the molecule is Cc1cc(C)c(C2=N[Si]3(C[Si](C)(C)C([Si](C)(C)C)[Si]3(C(C)C)C([Si](C)(C)C)[Si](C)(C)C)N=C(c3c(C)cc(C)cc3C)[Si]2[Si](C(C)C)(C([Si](C)(C)C)[Si](C)(C)C)C([Si](C)(C)C)[Si](C)(C)C)c(C)c1. The molecular formula is C54H111N2Si12. The third-order valence-corrected chi connectivity index (χ3v) is 127. The van der Waals surface area contributed by atoms with Gasteiger partial charge in [-0.25, -0.2) is 0 Å². The molecule has 0 bridgehead atoms. The van der Waals surface area contributed by atoms with Gasteiger partial charge < -0.3 is 9.32 Å². The topological polar surface area (TPSA) is 24.7 Å². The van der Waals surface area contributed by atoms with Crippen molar-refractivity contribution in [1.82, 2.24) is 0 Å². The van der Waals surface area contributed by atoms with E-state index in [4.69, 9.17) is 9.32 Å². The first kappa shape index (κ1) is 60.9. The Bertz CT molecular complexity index is 2070. The number of nitrogens with zero attached hydrogens (tertiary/aromatic N) is 2. The van der Waals surface area contributed by atoms with Crippen LogP contribution in [-0.2, 0) is 0 Å². The van der Waals surface area contributed by atoms with Crippen LogP contribution in [-0.4, -0.2) is 107 Å². The van der Waals surface area contributed by atoms with Gasteiger partial charge in [-0.15, -0.1) is 0 Å². The summed E-state index contributed by atoms with van der Waals surface area (Å²) in [7, 11) is -24.1. The lowest BCUT2D eigenvalue weighted by atomic mass is 10.0. The van der Waals surface area contributed by atoms with Crippen LogP contribution in [0.15, 0.2) is 33.6 Å². The van der Waals surface area contributed by atoms with E-state index in [1.807, 2.05) is 0 Å². The first-order valence-corrected chi connectivity index (χ1v) is 65.7. The highest BCUT2D eigenvalue weighted by atomic mass is 29.3. The summed E-state index contributed by atoms with van der Waals surface area (Å²) >= 11 is 0. The summed E-state index contributed by atoms with van der Waals surface area (Å²) in [5.74, 6) is 0. The van der Waals surface area contributed by atoms with Crippen molar-refractivity contribution in [2.45, 2.75) is 256 Å². The molecule has 0 saturated carbocycles. The van der Waals surface area contributed by atoms with E-state index in [2.05, 4.69) is 244 Å². The molecule has 2 aromatic rings. The van der Waals surface area contributed by atoms with Crippen LogP contribution >= 0.6 is 0 Å². The molecule has 0 aliphatic carbocycles. The molecule has 2 heterocycles. The van der Waals surface area contributed by atoms with Gasteiger partial charge in [0, 0.05) is 75.3 Å². The highest BCUT2D eigenvalue weighted by molar-refractivity contribution is 7.65. The summed E-state index contributed by atoms with van der Waals surface area (Å²) in [6.45, 7) is 91.9. The molecule has 1 fully saturated rings. The number of hydrogen-bond acceptors (Lipinski definition) is 2. The van der Waals surface area contributed by atoms with Gasteiger partial charge >= 0.3 is 0 Å². The summed E-state index contributed by atoms with van der Waals surface area (Å²) in [5, 5.41) is 3.46. The van der Waals surface area contributed by atoms with Gasteiger partial charge in [0.1, 0.15) is 0 Å². The molecule has 2 aliphatic rings. The molecule has 2 atom stereocenters. The Kier molecular flexibility index (Phi) is 17.2. The Hall–Kier alpha value is 0.383. The van der Waals surface area contributed by atoms with E-state index >= 15 is 0 Å². The molecule has 68 heavy (non-hydrogen) atoms. The van der Waals surface area contributed by atoms with Crippen molar-refractivity contribution in [3.63, 3.8) is 0 Å². The molecular weight excluding hydrogens is 1010 g/mol. The lowest BCUT2D eigenvalue weighted by Crippen LogP contribution is -2.82.